The molecule has 5 aromatic rings. The van der Waals surface area contributed by atoms with E-state index in [4.69, 9.17) is 16.3 Å². The second-order valence-corrected chi connectivity index (χ2v) is 9.07. The summed E-state index contributed by atoms with van der Waals surface area (Å²) in [5.74, 6) is 2.10. The molecule has 3 aromatic heterocycles. The number of methoxy groups -OCH3 is 1. The largest absolute Gasteiger partial charge is 0.495 e. The zero-order valence-corrected chi connectivity index (χ0v) is 22.7. The van der Waals surface area contributed by atoms with E-state index in [1.165, 1.54) is 17.3 Å². The van der Waals surface area contributed by atoms with Crippen molar-refractivity contribution >= 4 is 23.2 Å². The first kappa shape index (κ1) is 27.5. The van der Waals surface area contributed by atoms with Crippen molar-refractivity contribution in [1.82, 2.24) is 24.9 Å². The molecule has 0 aliphatic rings. The zero-order chi connectivity index (χ0) is 27.5. The highest BCUT2D eigenvalue weighted by Crippen LogP contribution is 2.23. The minimum atomic E-state index is 0.143. The minimum absolute atomic E-state index is 0.143. The standard InChI is InChI=1S/C18H18N4O.C12H12ClN3/c1-13(14-6-4-3-5-7-14)21-18-12-20-11-17(22-18)15-8-16(23-2)10-19-9-15;1-9(10-5-3-2-4-6-10)15-12-8-14-7-11(13)16-12/h3-13H,1-2H3,(H,21,22);2-9H,1H3,(H,15,16)/t13-;9-/m00/s1. The molecule has 8 nitrogen and oxygen atoms in total. The second-order valence-electron chi connectivity index (χ2n) is 8.68. The molecule has 0 aliphatic heterocycles. The molecule has 0 aliphatic carbocycles. The summed E-state index contributed by atoms with van der Waals surface area (Å²) < 4.78 is 5.20. The van der Waals surface area contributed by atoms with E-state index in [0.29, 0.717) is 16.7 Å². The van der Waals surface area contributed by atoms with Crippen LogP contribution in [0.3, 0.4) is 0 Å². The van der Waals surface area contributed by atoms with Crippen LogP contribution in [0, 0.1) is 0 Å². The Kier molecular flexibility index (Phi) is 9.74. The molecular formula is C30H30ClN7O. The summed E-state index contributed by atoms with van der Waals surface area (Å²) in [4.78, 5) is 21.1. The number of halogens is 1. The number of nitrogens with zero attached hydrogens (tertiary/aromatic N) is 5. The summed E-state index contributed by atoms with van der Waals surface area (Å²) in [6.45, 7) is 4.16. The van der Waals surface area contributed by atoms with Crippen molar-refractivity contribution in [2.45, 2.75) is 25.9 Å². The number of nitrogens with one attached hydrogen (secondary N) is 2. The molecule has 5 rings (SSSR count). The summed E-state index contributed by atoms with van der Waals surface area (Å²) in [7, 11) is 1.62. The van der Waals surface area contributed by atoms with E-state index >= 15 is 0 Å². The van der Waals surface area contributed by atoms with E-state index in [2.05, 4.69) is 73.7 Å². The molecular weight excluding hydrogens is 510 g/mol. The Morgan fingerprint density at radius 1 is 0.667 bits per heavy atom. The lowest BCUT2D eigenvalue weighted by Crippen LogP contribution is -2.08. The molecule has 0 radical (unpaired) electrons. The van der Waals surface area contributed by atoms with Crippen LogP contribution in [0.1, 0.15) is 37.1 Å². The van der Waals surface area contributed by atoms with Gasteiger partial charge in [0, 0.05) is 23.8 Å². The first-order chi connectivity index (χ1) is 19.0. The molecule has 0 bridgehead atoms. The van der Waals surface area contributed by atoms with Crippen molar-refractivity contribution in [3.8, 4) is 17.0 Å². The number of benzene rings is 2. The molecule has 198 valence electrons. The van der Waals surface area contributed by atoms with E-state index < -0.39 is 0 Å². The first-order valence-electron chi connectivity index (χ1n) is 12.4. The molecule has 2 aromatic carbocycles. The molecule has 0 saturated heterocycles. The lowest BCUT2D eigenvalue weighted by Gasteiger charge is -2.15. The Labute approximate surface area is 233 Å². The molecule has 0 unspecified atom stereocenters. The fourth-order valence-corrected chi connectivity index (χ4v) is 3.90. The van der Waals surface area contributed by atoms with Gasteiger partial charge in [0.1, 0.15) is 22.5 Å². The lowest BCUT2D eigenvalue weighted by molar-refractivity contribution is 0.413. The Balaban J connectivity index is 0.000000193. The Bertz CT molecular complexity index is 1450. The first-order valence-corrected chi connectivity index (χ1v) is 12.8. The predicted molar refractivity (Wildman–Crippen MR) is 156 cm³/mol. The topological polar surface area (TPSA) is 97.7 Å². The van der Waals surface area contributed by atoms with Gasteiger partial charge in [-0.3, -0.25) is 15.0 Å². The molecule has 9 heteroatoms. The summed E-state index contributed by atoms with van der Waals surface area (Å²) in [6, 6.07) is 22.6. The van der Waals surface area contributed by atoms with Crippen LogP contribution in [0.25, 0.3) is 11.3 Å². The van der Waals surface area contributed by atoms with Gasteiger partial charge in [-0.1, -0.05) is 72.3 Å². The highest BCUT2D eigenvalue weighted by Gasteiger charge is 2.08. The highest BCUT2D eigenvalue weighted by atomic mass is 35.5. The van der Waals surface area contributed by atoms with Gasteiger partial charge in [-0.15, -0.1) is 0 Å². The van der Waals surface area contributed by atoms with Crippen molar-refractivity contribution in [1.29, 1.82) is 0 Å². The molecule has 2 atom stereocenters. The van der Waals surface area contributed by atoms with Crippen LogP contribution >= 0.6 is 11.6 Å². The van der Waals surface area contributed by atoms with Crippen LogP contribution in [0.2, 0.25) is 5.15 Å². The predicted octanol–water partition coefficient (Wildman–Crippen LogP) is 7.02. The van der Waals surface area contributed by atoms with Crippen LogP contribution in [0.15, 0.2) is 104 Å². The Morgan fingerprint density at radius 2 is 1.21 bits per heavy atom. The quantitative estimate of drug-likeness (QED) is 0.217. The molecule has 0 saturated carbocycles. The van der Waals surface area contributed by atoms with Gasteiger partial charge in [0.25, 0.3) is 0 Å². The van der Waals surface area contributed by atoms with Crippen molar-refractivity contribution < 1.29 is 4.74 Å². The Hall–Kier alpha value is -4.56. The van der Waals surface area contributed by atoms with Gasteiger partial charge in [0.05, 0.1) is 43.8 Å². The van der Waals surface area contributed by atoms with Gasteiger partial charge in [-0.2, -0.15) is 0 Å². The fourth-order valence-electron chi connectivity index (χ4n) is 3.75. The fraction of sp³-hybridized carbons (Fsp3) is 0.167. The average Bonchev–Trinajstić information content (AvgIpc) is 2.98. The monoisotopic (exact) mass is 539 g/mol. The van der Waals surface area contributed by atoms with Crippen molar-refractivity contribution in [2.24, 2.45) is 0 Å². The van der Waals surface area contributed by atoms with E-state index in [0.717, 1.165) is 17.1 Å². The smallest absolute Gasteiger partial charge is 0.149 e. The maximum Gasteiger partial charge on any atom is 0.149 e. The van der Waals surface area contributed by atoms with Crippen LogP contribution in [0.5, 0.6) is 5.75 Å². The Morgan fingerprint density at radius 3 is 1.77 bits per heavy atom. The highest BCUT2D eigenvalue weighted by molar-refractivity contribution is 6.29. The summed E-state index contributed by atoms with van der Waals surface area (Å²) >= 11 is 5.76. The third kappa shape index (κ3) is 8.21. The molecule has 0 fully saturated rings. The molecule has 2 N–H and O–H groups in total. The number of hydrogen-bond donors (Lipinski definition) is 2. The van der Waals surface area contributed by atoms with Gasteiger partial charge < -0.3 is 15.4 Å². The van der Waals surface area contributed by atoms with E-state index in [1.54, 1.807) is 38.1 Å². The SMILES string of the molecule is COc1cncc(-c2cncc(N[C@@H](C)c3ccccc3)n2)c1.C[C@H](Nc1cncc(Cl)n1)c1ccccc1. The number of aromatic nitrogens is 5. The number of pyridine rings is 1. The maximum atomic E-state index is 5.76. The van der Waals surface area contributed by atoms with E-state index in [9.17, 15) is 0 Å². The average molecular weight is 540 g/mol. The second kappa shape index (κ2) is 13.8. The third-order valence-corrected chi connectivity index (χ3v) is 5.99. The van der Waals surface area contributed by atoms with Crippen LogP contribution < -0.4 is 15.4 Å². The molecule has 39 heavy (non-hydrogen) atoms. The lowest BCUT2D eigenvalue weighted by atomic mass is 10.1. The summed E-state index contributed by atoms with van der Waals surface area (Å²) in [5, 5.41) is 7.01. The number of ether oxygens (including phenoxy) is 1. The molecule has 0 spiro atoms. The van der Waals surface area contributed by atoms with Gasteiger partial charge in [-0.25, -0.2) is 9.97 Å². The van der Waals surface area contributed by atoms with Gasteiger partial charge in [0.15, 0.2) is 0 Å². The van der Waals surface area contributed by atoms with Gasteiger partial charge in [0.2, 0.25) is 0 Å². The normalized spacial score (nSPS) is 11.9. The molecule has 3 heterocycles. The van der Waals surface area contributed by atoms with Crippen LogP contribution in [-0.4, -0.2) is 32.0 Å². The van der Waals surface area contributed by atoms with Crippen molar-refractivity contribution in [3.05, 3.63) is 120 Å². The van der Waals surface area contributed by atoms with E-state index in [1.807, 2.05) is 42.5 Å². The number of anilines is 2. The van der Waals surface area contributed by atoms with Crippen LogP contribution in [0.4, 0.5) is 11.6 Å². The number of rotatable bonds is 8. The number of hydrogen-bond acceptors (Lipinski definition) is 8. The van der Waals surface area contributed by atoms with Crippen LogP contribution in [-0.2, 0) is 0 Å². The van der Waals surface area contributed by atoms with Gasteiger partial charge >= 0.3 is 0 Å². The maximum absolute atomic E-state index is 5.76. The summed E-state index contributed by atoms with van der Waals surface area (Å²) in [5.41, 5.74) is 4.02. The van der Waals surface area contributed by atoms with Crippen molar-refractivity contribution in [2.75, 3.05) is 17.7 Å². The van der Waals surface area contributed by atoms with Gasteiger partial charge in [-0.05, 0) is 31.0 Å². The summed E-state index contributed by atoms with van der Waals surface area (Å²) in [6.07, 6.45) is 10.0. The van der Waals surface area contributed by atoms with E-state index in [-0.39, 0.29) is 12.1 Å². The molecule has 0 amide bonds. The zero-order valence-electron chi connectivity index (χ0n) is 22.0. The minimum Gasteiger partial charge on any atom is -0.495 e. The van der Waals surface area contributed by atoms with Crippen molar-refractivity contribution in [3.63, 3.8) is 0 Å². The third-order valence-electron chi connectivity index (χ3n) is 5.81.